The second-order valence-corrected chi connectivity index (χ2v) is 5.51. The first-order chi connectivity index (χ1) is 6.57. The number of furan rings is 1. The maximum Gasteiger partial charge on any atom is 0.0989 e. The first-order valence-corrected chi connectivity index (χ1v) is 5.52. The Bertz CT molecular complexity index is 404. The van der Waals surface area contributed by atoms with E-state index in [1.54, 1.807) is 12.5 Å². The minimum Gasteiger partial charge on any atom is -0.472 e. The molecule has 0 amide bonds. The maximum absolute atomic E-state index is 5.07. The minimum atomic E-state index is 0.243. The zero-order valence-corrected chi connectivity index (χ0v) is 9.52. The van der Waals surface area contributed by atoms with Crippen molar-refractivity contribution in [2.24, 2.45) is 0 Å². The van der Waals surface area contributed by atoms with E-state index in [1.807, 2.05) is 17.4 Å². The van der Waals surface area contributed by atoms with Crippen LogP contribution < -0.4 is 0 Å². The van der Waals surface area contributed by atoms with Gasteiger partial charge in [0, 0.05) is 15.3 Å². The van der Waals surface area contributed by atoms with Gasteiger partial charge < -0.3 is 4.42 Å². The topological polar surface area (TPSA) is 13.1 Å². The molecule has 1 nitrogen and oxygen atoms in total. The molecule has 2 aromatic rings. The number of hydrogen-bond donors (Lipinski definition) is 0. The Morgan fingerprint density at radius 3 is 2.43 bits per heavy atom. The smallest absolute Gasteiger partial charge is 0.0989 e. The van der Waals surface area contributed by atoms with Gasteiger partial charge in [-0.25, -0.2) is 0 Å². The zero-order chi connectivity index (χ0) is 10.2. The van der Waals surface area contributed by atoms with Crippen molar-refractivity contribution in [3.05, 3.63) is 35.6 Å². The minimum absolute atomic E-state index is 0.243. The van der Waals surface area contributed by atoms with E-state index in [1.165, 1.54) is 15.3 Å². The first-order valence-electron chi connectivity index (χ1n) is 4.70. The first kappa shape index (κ1) is 9.53. The second kappa shape index (κ2) is 3.28. The van der Waals surface area contributed by atoms with Gasteiger partial charge >= 0.3 is 0 Å². The Kier molecular flexibility index (Phi) is 2.23. The molecule has 0 aromatic carbocycles. The molecule has 0 spiro atoms. The summed E-state index contributed by atoms with van der Waals surface area (Å²) in [5.74, 6) is 0. The average Bonchev–Trinajstić information content (AvgIpc) is 2.73. The van der Waals surface area contributed by atoms with Crippen LogP contribution in [0, 0.1) is 0 Å². The van der Waals surface area contributed by atoms with Crippen molar-refractivity contribution in [1.82, 2.24) is 0 Å². The van der Waals surface area contributed by atoms with E-state index in [9.17, 15) is 0 Å². The Balaban J connectivity index is 2.36. The van der Waals surface area contributed by atoms with E-state index in [0.29, 0.717) is 0 Å². The number of thiophene rings is 1. The summed E-state index contributed by atoms with van der Waals surface area (Å²) in [6.45, 7) is 6.70. The van der Waals surface area contributed by atoms with Crippen LogP contribution in [0.15, 0.2) is 35.1 Å². The second-order valence-electron chi connectivity index (χ2n) is 4.43. The van der Waals surface area contributed by atoms with Gasteiger partial charge in [0.1, 0.15) is 0 Å². The molecule has 0 N–H and O–H groups in total. The standard InChI is InChI=1S/C12H14OS/c1-12(2,3)11-5-4-10(14-11)9-6-7-13-8-9/h4-8H,1-3H3. The number of rotatable bonds is 1. The molecular weight excluding hydrogens is 192 g/mol. The van der Waals surface area contributed by atoms with Crippen molar-refractivity contribution in [2.75, 3.05) is 0 Å². The summed E-state index contributed by atoms with van der Waals surface area (Å²) in [5.41, 5.74) is 1.41. The molecular formula is C12H14OS. The Labute approximate surface area is 88.4 Å². The lowest BCUT2D eigenvalue weighted by Gasteiger charge is -2.15. The molecule has 0 aliphatic carbocycles. The Hall–Kier alpha value is -1.02. The summed E-state index contributed by atoms with van der Waals surface area (Å²) < 4.78 is 5.07. The van der Waals surface area contributed by atoms with Gasteiger partial charge in [0.05, 0.1) is 12.5 Å². The monoisotopic (exact) mass is 206 g/mol. The summed E-state index contributed by atoms with van der Waals surface area (Å²) >= 11 is 1.84. The molecule has 0 fully saturated rings. The molecule has 0 saturated carbocycles. The van der Waals surface area contributed by atoms with Crippen LogP contribution in [0.1, 0.15) is 25.6 Å². The third kappa shape index (κ3) is 1.75. The van der Waals surface area contributed by atoms with Gasteiger partial charge in [-0.15, -0.1) is 11.3 Å². The van der Waals surface area contributed by atoms with Crippen LogP contribution >= 0.6 is 11.3 Å². The fourth-order valence-corrected chi connectivity index (χ4v) is 2.35. The predicted molar refractivity (Wildman–Crippen MR) is 60.7 cm³/mol. The van der Waals surface area contributed by atoms with Crippen LogP contribution in [0.2, 0.25) is 0 Å². The number of hydrogen-bond acceptors (Lipinski definition) is 2. The molecule has 2 heteroatoms. The Morgan fingerprint density at radius 1 is 1.14 bits per heavy atom. The largest absolute Gasteiger partial charge is 0.472 e. The summed E-state index contributed by atoms with van der Waals surface area (Å²) in [4.78, 5) is 2.69. The molecule has 0 saturated heterocycles. The molecule has 0 bridgehead atoms. The summed E-state index contributed by atoms with van der Waals surface area (Å²) in [7, 11) is 0. The Morgan fingerprint density at radius 2 is 1.93 bits per heavy atom. The summed E-state index contributed by atoms with van der Waals surface area (Å²) in [6.07, 6.45) is 3.50. The van der Waals surface area contributed by atoms with Gasteiger partial charge in [-0.3, -0.25) is 0 Å². The molecule has 74 valence electrons. The van der Waals surface area contributed by atoms with E-state index in [0.717, 1.165) is 0 Å². The SMILES string of the molecule is CC(C)(C)c1ccc(-c2ccoc2)s1. The molecule has 2 heterocycles. The highest BCUT2D eigenvalue weighted by atomic mass is 32.1. The fourth-order valence-electron chi connectivity index (χ4n) is 1.30. The van der Waals surface area contributed by atoms with Gasteiger partial charge in [0.25, 0.3) is 0 Å². The third-order valence-electron chi connectivity index (χ3n) is 2.15. The fraction of sp³-hybridized carbons (Fsp3) is 0.333. The van der Waals surface area contributed by atoms with E-state index < -0.39 is 0 Å². The zero-order valence-electron chi connectivity index (χ0n) is 8.70. The van der Waals surface area contributed by atoms with Crippen LogP contribution in [0.4, 0.5) is 0 Å². The lowest BCUT2D eigenvalue weighted by molar-refractivity contribution is 0.568. The molecule has 0 atom stereocenters. The van der Waals surface area contributed by atoms with Gasteiger partial charge in [-0.1, -0.05) is 20.8 Å². The van der Waals surface area contributed by atoms with Gasteiger partial charge in [0.2, 0.25) is 0 Å². The predicted octanol–water partition coefficient (Wildman–Crippen LogP) is 4.31. The third-order valence-corrected chi connectivity index (χ3v) is 3.71. The van der Waals surface area contributed by atoms with Crippen LogP contribution in [0.25, 0.3) is 10.4 Å². The maximum atomic E-state index is 5.07. The van der Waals surface area contributed by atoms with E-state index in [4.69, 9.17) is 4.42 Å². The average molecular weight is 206 g/mol. The van der Waals surface area contributed by atoms with E-state index in [2.05, 4.69) is 32.9 Å². The van der Waals surface area contributed by atoms with Crippen molar-refractivity contribution in [1.29, 1.82) is 0 Å². The highest BCUT2D eigenvalue weighted by Gasteiger charge is 2.16. The molecule has 2 rings (SSSR count). The van der Waals surface area contributed by atoms with Gasteiger partial charge in [-0.05, 0) is 23.6 Å². The van der Waals surface area contributed by atoms with E-state index >= 15 is 0 Å². The molecule has 0 unspecified atom stereocenters. The van der Waals surface area contributed by atoms with Crippen LogP contribution in [-0.2, 0) is 5.41 Å². The summed E-state index contributed by atoms with van der Waals surface area (Å²) in [6, 6.07) is 6.36. The quantitative estimate of drug-likeness (QED) is 0.677. The van der Waals surface area contributed by atoms with Crippen LogP contribution in [0.5, 0.6) is 0 Å². The molecule has 0 aliphatic rings. The molecule has 14 heavy (non-hydrogen) atoms. The van der Waals surface area contributed by atoms with Crippen molar-refractivity contribution >= 4 is 11.3 Å². The van der Waals surface area contributed by atoms with E-state index in [-0.39, 0.29) is 5.41 Å². The highest BCUT2D eigenvalue weighted by Crippen LogP contribution is 2.34. The van der Waals surface area contributed by atoms with Gasteiger partial charge in [-0.2, -0.15) is 0 Å². The van der Waals surface area contributed by atoms with Crippen LogP contribution in [0.3, 0.4) is 0 Å². The highest BCUT2D eigenvalue weighted by molar-refractivity contribution is 7.15. The molecule has 0 aliphatic heterocycles. The lowest BCUT2D eigenvalue weighted by Crippen LogP contribution is -2.07. The van der Waals surface area contributed by atoms with Crippen molar-refractivity contribution in [3.63, 3.8) is 0 Å². The van der Waals surface area contributed by atoms with Crippen molar-refractivity contribution in [3.8, 4) is 10.4 Å². The van der Waals surface area contributed by atoms with Crippen LogP contribution in [-0.4, -0.2) is 0 Å². The summed E-state index contributed by atoms with van der Waals surface area (Å²) in [5, 5.41) is 0. The van der Waals surface area contributed by atoms with Crippen molar-refractivity contribution in [2.45, 2.75) is 26.2 Å². The lowest BCUT2D eigenvalue weighted by atomic mass is 9.95. The normalized spacial score (nSPS) is 11.9. The molecule has 2 aromatic heterocycles. The molecule has 0 radical (unpaired) electrons. The van der Waals surface area contributed by atoms with Gasteiger partial charge in [0.15, 0.2) is 0 Å². The van der Waals surface area contributed by atoms with Crippen molar-refractivity contribution < 1.29 is 4.42 Å².